The minimum atomic E-state index is -5.26. The molecule has 32 heavy (non-hydrogen) atoms. The molecule has 0 aliphatic heterocycles. The van der Waals surface area contributed by atoms with E-state index in [2.05, 4.69) is 9.84 Å². The summed E-state index contributed by atoms with van der Waals surface area (Å²) in [6.45, 7) is 8.23. The number of alkyl halides is 3. The number of aryl methyl sites for hydroxylation is 2. The van der Waals surface area contributed by atoms with E-state index in [0.717, 1.165) is 16.5 Å². The summed E-state index contributed by atoms with van der Waals surface area (Å²) in [6, 6.07) is 2.57. The fraction of sp³-hybridized carbons (Fsp3) is 0.381. The maximum atomic E-state index is 13.4. The Bertz CT molecular complexity index is 1250. The lowest BCUT2D eigenvalue weighted by Crippen LogP contribution is -2.29. The summed E-state index contributed by atoms with van der Waals surface area (Å²) in [5.74, 6) is -3.89. The van der Waals surface area contributed by atoms with E-state index < -0.39 is 33.6 Å². The first-order valence-corrected chi connectivity index (χ1v) is 11.2. The first kappa shape index (κ1) is 25.3. The van der Waals surface area contributed by atoms with Gasteiger partial charge in [-0.2, -0.15) is 18.3 Å². The van der Waals surface area contributed by atoms with Gasteiger partial charge in [-0.15, -0.1) is 0 Å². The molecule has 0 atom stereocenters. The molecule has 0 radical (unpaired) electrons. The van der Waals surface area contributed by atoms with Gasteiger partial charge >= 0.3 is 12.1 Å². The van der Waals surface area contributed by atoms with Crippen molar-refractivity contribution >= 4 is 27.2 Å². The van der Waals surface area contributed by atoms with Gasteiger partial charge < -0.3 is 4.74 Å². The van der Waals surface area contributed by atoms with Crippen molar-refractivity contribution in [2.75, 3.05) is 6.26 Å². The standard InChI is InChI=1S/C21H23F3N2O5S/c1-10(2)11(3)16-12(4)14(8-9-15(16)32(7,29)30)18(27)17-13(5)25-26(6)19(17)31-20(28)21(22,23)24/h8-9H,1-7H3. The number of ether oxygens (including phenoxy) is 1. The van der Waals surface area contributed by atoms with Gasteiger partial charge in [0, 0.05) is 18.9 Å². The largest absolute Gasteiger partial charge is 0.491 e. The van der Waals surface area contributed by atoms with Crippen LogP contribution in [0.2, 0.25) is 0 Å². The fourth-order valence-electron chi connectivity index (χ4n) is 3.25. The van der Waals surface area contributed by atoms with Gasteiger partial charge in [-0.1, -0.05) is 5.57 Å². The average Bonchev–Trinajstić information content (AvgIpc) is 2.91. The molecule has 0 N–H and O–H groups in total. The van der Waals surface area contributed by atoms with E-state index >= 15 is 0 Å². The molecule has 1 heterocycles. The number of halogens is 3. The second-order valence-corrected chi connectivity index (χ2v) is 9.60. The van der Waals surface area contributed by atoms with Gasteiger partial charge in [0.15, 0.2) is 9.84 Å². The number of sulfone groups is 1. The summed E-state index contributed by atoms with van der Waals surface area (Å²) in [4.78, 5) is 24.8. The van der Waals surface area contributed by atoms with E-state index in [4.69, 9.17) is 0 Å². The summed E-state index contributed by atoms with van der Waals surface area (Å²) in [7, 11) is -2.41. The molecular formula is C21H23F3N2O5S. The number of hydrogen-bond acceptors (Lipinski definition) is 6. The minimum absolute atomic E-state index is 0.0249. The van der Waals surface area contributed by atoms with Crippen molar-refractivity contribution in [3.05, 3.63) is 45.7 Å². The molecule has 1 aromatic carbocycles. The number of carbonyl (C=O) groups excluding carboxylic acids is 2. The van der Waals surface area contributed by atoms with E-state index in [-0.39, 0.29) is 21.7 Å². The van der Waals surface area contributed by atoms with Crippen LogP contribution in [0.25, 0.3) is 5.57 Å². The van der Waals surface area contributed by atoms with E-state index in [1.165, 1.54) is 26.1 Å². The Hall–Kier alpha value is -2.95. The van der Waals surface area contributed by atoms with Crippen LogP contribution < -0.4 is 4.74 Å². The average molecular weight is 472 g/mol. The lowest BCUT2D eigenvalue weighted by molar-refractivity contribution is -0.190. The predicted octanol–water partition coefficient (Wildman–Crippen LogP) is 3.95. The quantitative estimate of drug-likeness (QED) is 0.483. The number of hydrogen-bond donors (Lipinski definition) is 0. The van der Waals surface area contributed by atoms with Gasteiger partial charge in [-0.25, -0.2) is 17.9 Å². The molecule has 0 spiro atoms. The molecule has 0 fully saturated rings. The van der Waals surface area contributed by atoms with Crippen molar-refractivity contribution < 1.29 is 35.9 Å². The monoisotopic (exact) mass is 472 g/mol. The number of aromatic nitrogens is 2. The van der Waals surface area contributed by atoms with Crippen molar-refractivity contribution in [1.82, 2.24) is 9.78 Å². The molecule has 0 saturated carbocycles. The molecule has 0 bridgehead atoms. The summed E-state index contributed by atoms with van der Waals surface area (Å²) < 4.78 is 68.1. The molecule has 7 nitrogen and oxygen atoms in total. The summed E-state index contributed by atoms with van der Waals surface area (Å²) in [5, 5.41) is 3.91. The number of esters is 1. The third-order valence-electron chi connectivity index (χ3n) is 5.01. The second-order valence-electron chi connectivity index (χ2n) is 7.61. The Morgan fingerprint density at radius 1 is 1.06 bits per heavy atom. The van der Waals surface area contributed by atoms with Crippen LogP contribution in [0.1, 0.15) is 53.5 Å². The normalized spacial score (nSPS) is 11.9. The van der Waals surface area contributed by atoms with Crippen LogP contribution in [0.15, 0.2) is 22.6 Å². The first-order valence-electron chi connectivity index (χ1n) is 9.33. The molecule has 11 heteroatoms. The number of rotatable bonds is 5. The molecule has 0 amide bonds. The molecular weight excluding hydrogens is 449 g/mol. The summed E-state index contributed by atoms with van der Waals surface area (Å²) in [5.41, 5.74) is 1.91. The zero-order valence-corrected chi connectivity index (χ0v) is 19.4. The summed E-state index contributed by atoms with van der Waals surface area (Å²) in [6.07, 6.45) is -4.22. The Morgan fingerprint density at radius 3 is 2.09 bits per heavy atom. The van der Waals surface area contributed by atoms with Crippen molar-refractivity contribution in [3.63, 3.8) is 0 Å². The lowest BCUT2D eigenvalue weighted by atomic mass is 9.91. The molecule has 0 unspecified atom stereocenters. The highest BCUT2D eigenvalue weighted by Gasteiger charge is 2.43. The Labute approximate surface area is 183 Å². The van der Waals surface area contributed by atoms with Gasteiger partial charge in [0.05, 0.1) is 10.6 Å². The first-order chi connectivity index (χ1) is 14.5. The molecule has 2 rings (SSSR count). The van der Waals surface area contributed by atoms with E-state index in [0.29, 0.717) is 16.7 Å². The number of nitrogens with zero attached hydrogens (tertiary/aromatic N) is 2. The third-order valence-corrected chi connectivity index (χ3v) is 6.15. The van der Waals surface area contributed by atoms with Crippen molar-refractivity contribution in [1.29, 1.82) is 0 Å². The smallest absolute Gasteiger partial charge is 0.400 e. The van der Waals surface area contributed by atoms with Gasteiger partial charge in [0.2, 0.25) is 11.7 Å². The molecule has 0 aliphatic rings. The maximum Gasteiger partial charge on any atom is 0.491 e. The van der Waals surface area contributed by atoms with Gasteiger partial charge in [-0.3, -0.25) is 4.79 Å². The van der Waals surface area contributed by atoms with Crippen LogP contribution in [0.3, 0.4) is 0 Å². The molecule has 174 valence electrons. The molecule has 2 aromatic rings. The van der Waals surface area contributed by atoms with Crippen molar-refractivity contribution in [3.8, 4) is 5.88 Å². The van der Waals surface area contributed by atoms with Gasteiger partial charge in [-0.05, 0) is 63.5 Å². The SMILES string of the molecule is CC(C)=C(C)c1c(S(C)(=O)=O)ccc(C(=O)c2c(C)nn(C)c2OC(=O)C(F)(F)F)c1C. The van der Waals surface area contributed by atoms with Crippen molar-refractivity contribution in [2.24, 2.45) is 7.05 Å². The van der Waals surface area contributed by atoms with Gasteiger partial charge in [0.25, 0.3) is 0 Å². The Morgan fingerprint density at radius 2 is 1.62 bits per heavy atom. The topological polar surface area (TPSA) is 95.3 Å². The number of ketones is 1. The van der Waals surface area contributed by atoms with Crippen LogP contribution in [0.5, 0.6) is 5.88 Å². The molecule has 0 aliphatic carbocycles. The molecule has 1 aromatic heterocycles. The highest BCUT2D eigenvalue weighted by atomic mass is 32.2. The minimum Gasteiger partial charge on any atom is -0.400 e. The number of allylic oxidation sites excluding steroid dienone is 2. The zero-order chi connectivity index (χ0) is 24.8. The highest BCUT2D eigenvalue weighted by Crippen LogP contribution is 2.34. The summed E-state index contributed by atoms with van der Waals surface area (Å²) >= 11 is 0. The predicted molar refractivity (Wildman–Crippen MR) is 111 cm³/mol. The maximum absolute atomic E-state index is 13.4. The Balaban J connectivity index is 2.77. The zero-order valence-electron chi connectivity index (χ0n) is 18.6. The van der Waals surface area contributed by atoms with E-state index in [1.807, 2.05) is 0 Å². The van der Waals surface area contributed by atoms with E-state index in [1.54, 1.807) is 27.7 Å². The van der Waals surface area contributed by atoms with Crippen LogP contribution >= 0.6 is 0 Å². The van der Waals surface area contributed by atoms with Crippen molar-refractivity contribution in [2.45, 2.75) is 45.7 Å². The van der Waals surface area contributed by atoms with Gasteiger partial charge in [0.1, 0.15) is 5.56 Å². The number of benzene rings is 1. The second kappa shape index (κ2) is 8.53. The van der Waals surface area contributed by atoms with Crippen LogP contribution in [0.4, 0.5) is 13.2 Å². The highest BCUT2D eigenvalue weighted by molar-refractivity contribution is 7.90. The third kappa shape index (κ3) is 4.77. The molecule has 0 saturated heterocycles. The fourth-order valence-corrected chi connectivity index (χ4v) is 4.25. The number of carbonyl (C=O) groups is 2. The van der Waals surface area contributed by atoms with E-state index in [9.17, 15) is 31.2 Å². The Kier molecular flexibility index (Phi) is 6.75. The van der Waals surface area contributed by atoms with Crippen LogP contribution in [-0.4, -0.2) is 42.4 Å². The van der Waals surface area contributed by atoms with Crippen LogP contribution in [-0.2, 0) is 21.7 Å². The van der Waals surface area contributed by atoms with Crippen LogP contribution in [0, 0.1) is 13.8 Å². The lowest BCUT2D eigenvalue weighted by Gasteiger charge is -2.17.